The molecule has 1 rings (SSSR count). The van der Waals surface area contributed by atoms with Crippen LogP contribution in [0.3, 0.4) is 0 Å². The minimum atomic E-state index is -0.883. The predicted octanol–water partition coefficient (Wildman–Crippen LogP) is 1.22. The molecule has 6 nitrogen and oxygen atoms in total. The van der Waals surface area contributed by atoms with Gasteiger partial charge in [-0.15, -0.1) is 0 Å². The molecule has 1 atom stereocenters. The quantitative estimate of drug-likeness (QED) is 0.796. The number of aliphatic carboxylic acids is 1. The smallest absolute Gasteiger partial charge is 0.317 e. The van der Waals surface area contributed by atoms with Crippen molar-refractivity contribution in [3.8, 4) is 0 Å². The number of hydrogen-bond donors (Lipinski definition) is 2. The van der Waals surface area contributed by atoms with Gasteiger partial charge in [-0.3, -0.25) is 4.79 Å². The second-order valence-electron chi connectivity index (χ2n) is 6.04. The molecule has 2 amide bonds. The van der Waals surface area contributed by atoms with Gasteiger partial charge in [0.1, 0.15) is 0 Å². The number of carboxylic acids is 1. The van der Waals surface area contributed by atoms with Crippen molar-refractivity contribution in [2.24, 2.45) is 5.92 Å². The van der Waals surface area contributed by atoms with Crippen LogP contribution in [0.5, 0.6) is 0 Å². The minimum Gasteiger partial charge on any atom is -0.481 e. The highest BCUT2D eigenvalue weighted by molar-refractivity contribution is 5.76. The Morgan fingerprint density at radius 1 is 1.35 bits per heavy atom. The SMILES string of the molecule is CC(C)C(CC(=O)O)NC(=O)N(C)C1CCN(C)CC1. The largest absolute Gasteiger partial charge is 0.481 e. The third kappa shape index (κ3) is 5.00. The molecule has 6 heteroatoms. The molecule has 1 unspecified atom stereocenters. The summed E-state index contributed by atoms with van der Waals surface area (Å²) in [5.41, 5.74) is 0. The summed E-state index contributed by atoms with van der Waals surface area (Å²) in [5.74, 6) is -0.785. The van der Waals surface area contributed by atoms with Crippen LogP contribution in [0.4, 0.5) is 4.79 Å². The Labute approximate surface area is 121 Å². The summed E-state index contributed by atoms with van der Waals surface area (Å²) in [6, 6.07) is -0.253. The Balaban J connectivity index is 2.52. The van der Waals surface area contributed by atoms with E-state index in [4.69, 9.17) is 5.11 Å². The van der Waals surface area contributed by atoms with Gasteiger partial charge in [-0.2, -0.15) is 0 Å². The molecule has 0 aliphatic carbocycles. The van der Waals surface area contributed by atoms with Gasteiger partial charge in [-0.1, -0.05) is 13.8 Å². The van der Waals surface area contributed by atoms with Gasteiger partial charge in [0.2, 0.25) is 0 Å². The zero-order chi connectivity index (χ0) is 15.3. The van der Waals surface area contributed by atoms with E-state index in [9.17, 15) is 9.59 Å². The maximum absolute atomic E-state index is 12.2. The van der Waals surface area contributed by atoms with E-state index in [2.05, 4.69) is 17.3 Å². The van der Waals surface area contributed by atoms with Crippen LogP contribution in [0.1, 0.15) is 33.1 Å². The Morgan fingerprint density at radius 2 is 1.90 bits per heavy atom. The molecule has 1 saturated heterocycles. The lowest BCUT2D eigenvalue weighted by Crippen LogP contribution is -2.51. The summed E-state index contributed by atoms with van der Waals surface area (Å²) < 4.78 is 0. The minimum absolute atomic E-state index is 0.0371. The van der Waals surface area contributed by atoms with Crippen LogP contribution in [0, 0.1) is 5.92 Å². The highest BCUT2D eigenvalue weighted by Crippen LogP contribution is 2.15. The fraction of sp³-hybridized carbons (Fsp3) is 0.857. The van der Waals surface area contributed by atoms with Crippen molar-refractivity contribution in [1.82, 2.24) is 15.1 Å². The topological polar surface area (TPSA) is 72.9 Å². The van der Waals surface area contributed by atoms with Gasteiger partial charge in [0.15, 0.2) is 0 Å². The van der Waals surface area contributed by atoms with Gasteiger partial charge >= 0.3 is 12.0 Å². The highest BCUT2D eigenvalue weighted by atomic mass is 16.4. The molecule has 2 N–H and O–H groups in total. The molecular weight excluding hydrogens is 258 g/mol. The second kappa shape index (κ2) is 7.47. The molecule has 116 valence electrons. The molecule has 0 spiro atoms. The maximum atomic E-state index is 12.2. The lowest BCUT2D eigenvalue weighted by Gasteiger charge is -2.36. The summed E-state index contributed by atoms with van der Waals surface area (Å²) in [7, 11) is 3.88. The van der Waals surface area contributed by atoms with E-state index in [1.807, 2.05) is 13.8 Å². The molecule has 0 saturated carbocycles. The van der Waals surface area contributed by atoms with Crippen molar-refractivity contribution in [3.05, 3.63) is 0 Å². The number of carbonyl (C=O) groups is 2. The Hall–Kier alpha value is -1.30. The van der Waals surface area contributed by atoms with Crippen LogP contribution >= 0.6 is 0 Å². The average molecular weight is 285 g/mol. The number of carbonyl (C=O) groups excluding carboxylic acids is 1. The normalized spacial score (nSPS) is 18.9. The van der Waals surface area contributed by atoms with Gasteiger partial charge < -0.3 is 20.2 Å². The molecule has 0 aromatic rings. The van der Waals surface area contributed by atoms with Crippen LogP contribution < -0.4 is 5.32 Å². The first-order valence-electron chi connectivity index (χ1n) is 7.25. The lowest BCUT2D eigenvalue weighted by molar-refractivity contribution is -0.137. The van der Waals surface area contributed by atoms with Crippen LogP contribution in [0.15, 0.2) is 0 Å². The van der Waals surface area contributed by atoms with E-state index in [1.54, 1.807) is 11.9 Å². The zero-order valence-corrected chi connectivity index (χ0v) is 12.9. The van der Waals surface area contributed by atoms with Crippen LogP contribution in [0.25, 0.3) is 0 Å². The first-order valence-corrected chi connectivity index (χ1v) is 7.25. The number of nitrogens with one attached hydrogen (secondary N) is 1. The molecule has 0 aromatic heterocycles. The standard InChI is InChI=1S/C14H27N3O3/c1-10(2)12(9-13(18)19)15-14(20)17(4)11-5-7-16(3)8-6-11/h10-12H,5-9H2,1-4H3,(H,15,20)(H,18,19). The summed E-state index contributed by atoms with van der Waals surface area (Å²) in [6.07, 6.45) is 1.89. The Morgan fingerprint density at radius 3 is 2.35 bits per heavy atom. The van der Waals surface area contributed by atoms with Gasteiger partial charge in [-0.25, -0.2) is 4.79 Å². The van der Waals surface area contributed by atoms with Crippen LogP contribution in [-0.2, 0) is 4.79 Å². The number of rotatable bonds is 5. The molecule has 0 radical (unpaired) electrons. The summed E-state index contributed by atoms with van der Waals surface area (Å²) >= 11 is 0. The van der Waals surface area contributed by atoms with Crippen LogP contribution in [-0.4, -0.2) is 66.2 Å². The van der Waals surface area contributed by atoms with E-state index in [1.165, 1.54) is 0 Å². The highest BCUT2D eigenvalue weighted by Gasteiger charge is 2.26. The number of hydrogen-bond acceptors (Lipinski definition) is 3. The number of nitrogens with zero attached hydrogens (tertiary/aromatic N) is 2. The van der Waals surface area contributed by atoms with Gasteiger partial charge in [0, 0.05) is 19.1 Å². The van der Waals surface area contributed by atoms with Crippen molar-refractivity contribution in [1.29, 1.82) is 0 Å². The number of amides is 2. The number of carboxylic acid groups (broad SMARTS) is 1. The average Bonchev–Trinajstić information content (AvgIpc) is 2.37. The fourth-order valence-corrected chi connectivity index (χ4v) is 2.45. The molecule has 0 bridgehead atoms. The summed E-state index contributed by atoms with van der Waals surface area (Å²) in [4.78, 5) is 27.0. The third-order valence-electron chi connectivity index (χ3n) is 4.06. The molecule has 0 aromatic carbocycles. The third-order valence-corrected chi connectivity index (χ3v) is 4.06. The van der Waals surface area contributed by atoms with Crippen molar-refractivity contribution >= 4 is 12.0 Å². The summed E-state index contributed by atoms with van der Waals surface area (Å²) in [5, 5.41) is 11.7. The van der Waals surface area contributed by atoms with Gasteiger partial charge in [0.05, 0.1) is 6.42 Å². The monoisotopic (exact) mass is 285 g/mol. The van der Waals surface area contributed by atoms with Crippen molar-refractivity contribution in [2.45, 2.75) is 45.2 Å². The predicted molar refractivity (Wildman–Crippen MR) is 77.7 cm³/mol. The molecule has 1 aliphatic rings. The number of piperidine rings is 1. The fourth-order valence-electron chi connectivity index (χ4n) is 2.45. The molecule has 1 aliphatic heterocycles. The molecule has 1 fully saturated rings. The Kier molecular flexibility index (Phi) is 6.26. The van der Waals surface area contributed by atoms with Crippen molar-refractivity contribution in [2.75, 3.05) is 27.2 Å². The van der Waals surface area contributed by atoms with Crippen molar-refractivity contribution in [3.63, 3.8) is 0 Å². The van der Waals surface area contributed by atoms with Crippen LogP contribution in [0.2, 0.25) is 0 Å². The maximum Gasteiger partial charge on any atom is 0.317 e. The van der Waals surface area contributed by atoms with Gasteiger partial charge in [0.25, 0.3) is 0 Å². The Bertz CT molecular complexity index is 339. The molecular formula is C14H27N3O3. The summed E-state index contributed by atoms with van der Waals surface area (Å²) in [6.45, 7) is 5.82. The molecule has 1 heterocycles. The van der Waals surface area contributed by atoms with E-state index >= 15 is 0 Å². The van der Waals surface area contributed by atoms with E-state index in [0.717, 1.165) is 25.9 Å². The van der Waals surface area contributed by atoms with E-state index in [0.29, 0.717) is 0 Å². The molecule has 20 heavy (non-hydrogen) atoms. The second-order valence-corrected chi connectivity index (χ2v) is 6.04. The first kappa shape index (κ1) is 16.8. The number of likely N-dealkylation sites (tertiary alicyclic amines) is 1. The van der Waals surface area contributed by atoms with Gasteiger partial charge in [-0.05, 0) is 38.9 Å². The zero-order valence-electron chi connectivity index (χ0n) is 12.9. The lowest BCUT2D eigenvalue weighted by atomic mass is 10.0. The van der Waals surface area contributed by atoms with Crippen molar-refractivity contribution < 1.29 is 14.7 Å². The number of urea groups is 1. The van der Waals surface area contributed by atoms with E-state index in [-0.39, 0.29) is 30.5 Å². The van der Waals surface area contributed by atoms with E-state index < -0.39 is 5.97 Å². The first-order chi connectivity index (χ1) is 9.31.